The number of piperazine rings is 1. The maximum Gasteiger partial charge on any atom is 0.191 e. The highest BCUT2D eigenvalue weighted by Gasteiger charge is 2.19. The van der Waals surface area contributed by atoms with E-state index in [1.54, 1.807) is 0 Å². The first kappa shape index (κ1) is 14.4. The zero-order valence-corrected chi connectivity index (χ0v) is 13.3. The van der Waals surface area contributed by atoms with Gasteiger partial charge in [0.15, 0.2) is 5.89 Å². The van der Waals surface area contributed by atoms with Crippen molar-refractivity contribution in [2.75, 3.05) is 26.2 Å². The molecule has 1 saturated heterocycles. The molecule has 4 rings (SSSR count). The summed E-state index contributed by atoms with van der Waals surface area (Å²) in [6.07, 6.45) is 1.83. The summed E-state index contributed by atoms with van der Waals surface area (Å²) in [6, 6.07) is 8.18. The Bertz CT molecular complexity index is 752. The van der Waals surface area contributed by atoms with Gasteiger partial charge in [0.05, 0.1) is 30.3 Å². The van der Waals surface area contributed by atoms with Crippen LogP contribution < -0.4 is 0 Å². The van der Waals surface area contributed by atoms with Crippen LogP contribution in [0, 0.1) is 6.92 Å². The molecular formula is C17H21N5O. The average Bonchev–Trinajstić information content (AvgIpc) is 3.14. The summed E-state index contributed by atoms with van der Waals surface area (Å²) in [5.41, 5.74) is 2.16. The predicted molar refractivity (Wildman–Crippen MR) is 87.9 cm³/mol. The number of imidazole rings is 1. The van der Waals surface area contributed by atoms with E-state index in [4.69, 9.17) is 4.42 Å². The first-order chi connectivity index (χ1) is 11.3. The van der Waals surface area contributed by atoms with Gasteiger partial charge in [-0.05, 0) is 12.1 Å². The summed E-state index contributed by atoms with van der Waals surface area (Å²) >= 11 is 0. The zero-order chi connectivity index (χ0) is 15.6. The van der Waals surface area contributed by atoms with E-state index in [0.717, 1.165) is 67.8 Å². The summed E-state index contributed by atoms with van der Waals surface area (Å²) in [6.45, 7) is 7.78. The zero-order valence-electron chi connectivity index (χ0n) is 13.3. The highest BCUT2D eigenvalue weighted by atomic mass is 16.4. The molecule has 1 aromatic carbocycles. The number of aromatic amines is 1. The van der Waals surface area contributed by atoms with Gasteiger partial charge in [0, 0.05) is 33.1 Å². The number of H-pyrrole nitrogens is 1. The number of hydrogen-bond acceptors (Lipinski definition) is 5. The normalized spacial score (nSPS) is 17.1. The monoisotopic (exact) mass is 311 g/mol. The van der Waals surface area contributed by atoms with Crippen LogP contribution in [0.25, 0.3) is 11.0 Å². The number of aryl methyl sites for hydroxylation is 1. The fourth-order valence-electron chi connectivity index (χ4n) is 3.10. The van der Waals surface area contributed by atoms with Gasteiger partial charge in [-0.3, -0.25) is 9.80 Å². The fourth-order valence-corrected chi connectivity index (χ4v) is 3.10. The van der Waals surface area contributed by atoms with E-state index in [-0.39, 0.29) is 0 Å². The third-order valence-electron chi connectivity index (χ3n) is 4.33. The largest absolute Gasteiger partial charge is 0.445 e. The van der Waals surface area contributed by atoms with E-state index in [1.165, 1.54) is 0 Å². The number of nitrogens with zero attached hydrogens (tertiary/aromatic N) is 4. The molecule has 0 bridgehead atoms. The first-order valence-corrected chi connectivity index (χ1v) is 8.06. The third-order valence-corrected chi connectivity index (χ3v) is 4.33. The van der Waals surface area contributed by atoms with E-state index in [9.17, 15) is 0 Å². The van der Waals surface area contributed by atoms with Crippen LogP contribution >= 0.6 is 0 Å². The lowest BCUT2D eigenvalue weighted by atomic mass is 10.3. The van der Waals surface area contributed by atoms with Gasteiger partial charge in [-0.15, -0.1) is 0 Å². The van der Waals surface area contributed by atoms with Gasteiger partial charge in [-0.1, -0.05) is 12.1 Å². The van der Waals surface area contributed by atoms with Crippen molar-refractivity contribution in [1.82, 2.24) is 24.8 Å². The summed E-state index contributed by atoms with van der Waals surface area (Å²) < 4.78 is 5.56. The summed E-state index contributed by atoms with van der Waals surface area (Å²) in [5.74, 6) is 2.74. The van der Waals surface area contributed by atoms with E-state index in [0.29, 0.717) is 0 Å². The van der Waals surface area contributed by atoms with Gasteiger partial charge in [0.2, 0.25) is 0 Å². The Hall–Kier alpha value is -2.18. The minimum absolute atomic E-state index is 0.739. The molecule has 1 aliphatic rings. The van der Waals surface area contributed by atoms with Crippen molar-refractivity contribution < 1.29 is 4.42 Å². The second-order valence-corrected chi connectivity index (χ2v) is 6.10. The van der Waals surface area contributed by atoms with Crippen LogP contribution in [-0.4, -0.2) is 50.9 Å². The maximum atomic E-state index is 5.56. The SMILES string of the molecule is Cc1ncc(CN2CCN(Cc3nc4ccccc4[nH]3)CC2)o1. The van der Waals surface area contributed by atoms with Crippen molar-refractivity contribution in [1.29, 1.82) is 0 Å². The minimum atomic E-state index is 0.739. The van der Waals surface area contributed by atoms with Gasteiger partial charge in [0.25, 0.3) is 0 Å². The Kier molecular flexibility index (Phi) is 3.85. The molecule has 0 unspecified atom stereocenters. The molecule has 0 aliphatic carbocycles. The summed E-state index contributed by atoms with van der Waals surface area (Å²) in [5, 5.41) is 0. The number of nitrogens with one attached hydrogen (secondary N) is 1. The van der Waals surface area contributed by atoms with Gasteiger partial charge >= 0.3 is 0 Å². The number of para-hydroxylation sites is 2. The first-order valence-electron chi connectivity index (χ1n) is 8.06. The Labute approximate surface area is 135 Å². The molecule has 23 heavy (non-hydrogen) atoms. The molecule has 0 radical (unpaired) electrons. The number of fused-ring (bicyclic) bond motifs is 1. The molecule has 1 N–H and O–H groups in total. The highest BCUT2D eigenvalue weighted by Crippen LogP contribution is 2.14. The van der Waals surface area contributed by atoms with Crippen molar-refractivity contribution in [2.24, 2.45) is 0 Å². The maximum absolute atomic E-state index is 5.56. The van der Waals surface area contributed by atoms with Crippen LogP contribution in [0.5, 0.6) is 0 Å². The standard InChI is InChI=1S/C17H21N5O/c1-13-18-10-14(23-13)11-21-6-8-22(9-7-21)12-17-19-15-4-2-3-5-16(15)20-17/h2-5,10H,6-9,11-12H2,1H3,(H,19,20). The van der Waals surface area contributed by atoms with Crippen LogP contribution in [0.15, 0.2) is 34.9 Å². The summed E-state index contributed by atoms with van der Waals surface area (Å²) in [4.78, 5) is 17.1. The number of hydrogen-bond donors (Lipinski definition) is 1. The lowest BCUT2D eigenvalue weighted by Gasteiger charge is -2.33. The molecule has 3 aromatic rings. The topological polar surface area (TPSA) is 61.2 Å². The van der Waals surface area contributed by atoms with Crippen LogP contribution in [0.2, 0.25) is 0 Å². The van der Waals surface area contributed by atoms with E-state index in [1.807, 2.05) is 31.3 Å². The molecule has 1 fully saturated rings. The second kappa shape index (κ2) is 6.14. The Balaban J connectivity index is 1.32. The molecule has 3 heterocycles. The highest BCUT2D eigenvalue weighted by molar-refractivity contribution is 5.74. The predicted octanol–water partition coefficient (Wildman–Crippen LogP) is 2.18. The van der Waals surface area contributed by atoms with E-state index in [2.05, 4.69) is 30.8 Å². The quantitative estimate of drug-likeness (QED) is 0.800. The van der Waals surface area contributed by atoms with Crippen LogP contribution in [-0.2, 0) is 13.1 Å². The molecule has 0 spiro atoms. The van der Waals surface area contributed by atoms with Crippen molar-refractivity contribution in [2.45, 2.75) is 20.0 Å². The van der Waals surface area contributed by atoms with Crippen molar-refractivity contribution in [3.8, 4) is 0 Å². The average molecular weight is 311 g/mol. The minimum Gasteiger partial charge on any atom is -0.445 e. The molecule has 6 nitrogen and oxygen atoms in total. The van der Waals surface area contributed by atoms with Crippen molar-refractivity contribution in [3.63, 3.8) is 0 Å². The summed E-state index contributed by atoms with van der Waals surface area (Å²) in [7, 11) is 0. The molecule has 0 amide bonds. The number of benzene rings is 1. The van der Waals surface area contributed by atoms with Gasteiger partial charge in [0.1, 0.15) is 11.6 Å². The molecule has 2 aromatic heterocycles. The van der Waals surface area contributed by atoms with Gasteiger partial charge in [-0.25, -0.2) is 9.97 Å². The molecule has 120 valence electrons. The van der Waals surface area contributed by atoms with Crippen molar-refractivity contribution >= 4 is 11.0 Å². The molecule has 6 heteroatoms. The van der Waals surface area contributed by atoms with E-state index < -0.39 is 0 Å². The lowest BCUT2D eigenvalue weighted by Crippen LogP contribution is -2.45. The smallest absolute Gasteiger partial charge is 0.191 e. The molecule has 0 saturated carbocycles. The second-order valence-electron chi connectivity index (χ2n) is 6.10. The van der Waals surface area contributed by atoms with Crippen LogP contribution in [0.3, 0.4) is 0 Å². The van der Waals surface area contributed by atoms with E-state index >= 15 is 0 Å². The fraction of sp³-hybridized carbons (Fsp3) is 0.412. The van der Waals surface area contributed by atoms with Crippen LogP contribution in [0.1, 0.15) is 17.5 Å². The molecular weight excluding hydrogens is 290 g/mol. The number of aromatic nitrogens is 3. The lowest BCUT2D eigenvalue weighted by molar-refractivity contribution is 0.114. The molecule has 1 aliphatic heterocycles. The van der Waals surface area contributed by atoms with Gasteiger partial charge < -0.3 is 9.40 Å². The third kappa shape index (κ3) is 3.28. The van der Waals surface area contributed by atoms with Crippen molar-refractivity contribution in [3.05, 3.63) is 47.9 Å². The Morgan fingerprint density at radius 2 is 1.83 bits per heavy atom. The van der Waals surface area contributed by atoms with Crippen LogP contribution in [0.4, 0.5) is 0 Å². The van der Waals surface area contributed by atoms with Gasteiger partial charge in [-0.2, -0.15) is 0 Å². The number of rotatable bonds is 4. The Morgan fingerprint density at radius 3 is 2.52 bits per heavy atom. The Morgan fingerprint density at radius 1 is 1.09 bits per heavy atom. The molecule has 0 atom stereocenters. The number of oxazole rings is 1.